The zero-order valence-electron chi connectivity index (χ0n) is 15.4. The van der Waals surface area contributed by atoms with Crippen LogP contribution >= 0.6 is 0 Å². The summed E-state index contributed by atoms with van der Waals surface area (Å²) in [5, 5.41) is 13.1. The first kappa shape index (κ1) is 19.1. The number of likely N-dealkylation sites (tertiary alicyclic amines) is 1. The number of hydrogen-bond acceptors (Lipinski definition) is 6. The lowest BCUT2D eigenvalue weighted by atomic mass is 9.99. The fourth-order valence-corrected chi connectivity index (χ4v) is 3.29. The second-order valence-electron chi connectivity index (χ2n) is 6.71. The Morgan fingerprint density at radius 1 is 1.30 bits per heavy atom. The fraction of sp³-hybridized carbons (Fsp3) is 0.450. The van der Waals surface area contributed by atoms with Gasteiger partial charge in [0.25, 0.3) is 5.91 Å². The van der Waals surface area contributed by atoms with Gasteiger partial charge in [0.1, 0.15) is 12.4 Å². The summed E-state index contributed by atoms with van der Waals surface area (Å²) in [5.74, 6) is 0.874. The summed E-state index contributed by atoms with van der Waals surface area (Å²) < 4.78 is 10.9. The molecule has 1 atom stereocenters. The number of ketones is 1. The molecule has 144 valence electrons. The number of carbonyl (C=O) groups is 2. The van der Waals surface area contributed by atoms with Gasteiger partial charge in [0.2, 0.25) is 0 Å². The molecule has 0 unspecified atom stereocenters. The van der Waals surface area contributed by atoms with Gasteiger partial charge in [0.15, 0.2) is 17.2 Å². The van der Waals surface area contributed by atoms with Crippen molar-refractivity contribution in [3.63, 3.8) is 0 Å². The summed E-state index contributed by atoms with van der Waals surface area (Å²) in [4.78, 5) is 25.8. The Bertz CT molecular complexity index is 782. The second-order valence-corrected chi connectivity index (χ2v) is 6.71. The van der Waals surface area contributed by atoms with E-state index in [0.717, 1.165) is 19.3 Å². The van der Waals surface area contributed by atoms with Crippen molar-refractivity contribution in [2.24, 2.45) is 0 Å². The normalized spacial score (nSPS) is 17.0. The van der Waals surface area contributed by atoms with Crippen molar-refractivity contribution in [3.05, 3.63) is 47.3 Å². The van der Waals surface area contributed by atoms with Gasteiger partial charge in [0.05, 0.1) is 0 Å². The number of Topliss-reactive ketones (excluding diaryl/α,β-unsaturated/α-hetero) is 1. The van der Waals surface area contributed by atoms with Crippen LogP contribution in [-0.4, -0.2) is 46.0 Å². The first-order valence-electron chi connectivity index (χ1n) is 9.19. The van der Waals surface area contributed by atoms with Crippen molar-refractivity contribution in [2.75, 3.05) is 13.2 Å². The number of piperidine rings is 1. The molecule has 1 N–H and O–H groups in total. The number of nitrogens with zero attached hydrogens (tertiary/aromatic N) is 2. The maximum atomic E-state index is 12.7. The van der Waals surface area contributed by atoms with Gasteiger partial charge in [-0.15, -0.1) is 0 Å². The van der Waals surface area contributed by atoms with E-state index < -0.39 is 0 Å². The predicted molar refractivity (Wildman–Crippen MR) is 97.7 cm³/mol. The number of rotatable bonds is 7. The van der Waals surface area contributed by atoms with Crippen molar-refractivity contribution in [3.8, 4) is 5.75 Å². The van der Waals surface area contributed by atoms with Gasteiger partial charge in [-0.05, 0) is 56.9 Å². The Morgan fingerprint density at radius 2 is 2.07 bits per heavy atom. The number of carbonyl (C=O) groups excluding carboxylic acids is 2. The van der Waals surface area contributed by atoms with Gasteiger partial charge in [0, 0.05) is 30.8 Å². The van der Waals surface area contributed by atoms with E-state index in [0.29, 0.717) is 30.0 Å². The largest absolute Gasteiger partial charge is 0.486 e. The van der Waals surface area contributed by atoms with E-state index in [9.17, 15) is 14.7 Å². The highest BCUT2D eigenvalue weighted by Crippen LogP contribution is 2.22. The van der Waals surface area contributed by atoms with Crippen LogP contribution in [0.2, 0.25) is 0 Å². The third kappa shape index (κ3) is 4.74. The number of hydrogen-bond donors (Lipinski definition) is 1. The van der Waals surface area contributed by atoms with Crippen LogP contribution in [0.5, 0.6) is 5.75 Å². The van der Waals surface area contributed by atoms with Gasteiger partial charge < -0.3 is 19.3 Å². The summed E-state index contributed by atoms with van der Waals surface area (Å²) in [5.41, 5.74) is 0.874. The second kappa shape index (κ2) is 8.81. The maximum Gasteiger partial charge on any atom is 0.276 e. The topological polar surface area (TPSA) is 92.9 Å². The maximum absolute atomic E-state index is 12.7. The highest BCUT2D eigenvalue weighted by Gasteiger charge is 2.29. The van der Waals surface area contributed by atoms with Gasteiger partial charge in [-0.3, -0.25) is 9.59 Å². The van der Waals surface area contributed by atoms with Crippen molar-refractivity contribution in [1.29, 1.82) is 0 Å². The summed E-state index contributed by atoms with van der Waals surface area (Å²) in [6, 6.07) is 8.47. The van der Waals surface area contributed by atoms with Crippen LogP contribution in [0.1, 0.15) is 59.2 Å². The van der Waals surface area contributed by atoms with Gasteiger partial charge in [-0.1, -0.05) is 5.16 Å². The molecule has 0 saturated carbocycles. The summed E-state index contributed by atoms with van der Waals surface area (Å²) in [7, 11) is 0. The van der Waals surface area contributed by atoms with Gasteiger partial charge >= 0.3 is 0 Å². The van der Waals surface area contributed by atoms with E-state index in [1.165, 1.54) is 6.92 Å². The van der Waals surface area contributed by atoms with Crippen molar-refractivity contribution in [2.45, 2.75) is 45.3 Å². The molecule has 27 heavy (non-hydrogen) atoms. The van der Waals surface area contributed by atoms with Crippen LogP contribution in [0.25, 0.3) is 0 Å². The minimum atomic E-state index is -0.172. The van der Waals surface area contributed by atoms with E-state index >= 15 is 0 Å². The first-order chi connectivity index (χ1) is 13.1. The Balaban J connectivity index is 1.60. The molecule has 7 nitrogen and oxygen atoms in total. The van der Waals surface area contributed by atoms with Crippen LogP contribution in [0.4, 0.5) is 0 Å². The Labute approximate surface area is 157 Å². The summed E-state index contributed by atoms with van der Waals surface area (Å²) >= 11 is 0. The molecule has 3 rings (SSSR count). The summed E-state index contributed by atoms with van der Waals surface area (Å²) in [6.07, 6.45) is 3.50. The molecule has 1 amide bonds. The molecule has 1 aliphatic rings. The zero-order chi connectivity index (χ0) is 19.2. The zero-order valence-corrected chi connectivity index (χ0v) is 15.4. The predicted octanol–water partition coefficient (Wildman–Crippen LogP) is 2.83. The fourth-order valence-electron chi connectivity index (χ4n) is 3.29. The monoisotopic (exact) mass is 372 g/mol. The molecule has 0 radical (unpaired) electrons. The Hall–Kier alpha value is -2.67. The number of benzene rings is 1. The van der Waals surface area contributed by atoms with E-state index in [1.54, 1.807) is 35.2 Å². The van der Waals surface area contributed by atoms with E-state index in [2.05, 4.69) is 5.16 Å². The molecule has 2 aromatic rings. The molecule has 2 heterocycles. The lowest BCUT2D eigenvalue weighted by molar-refractivity contribution is 0.0564. The van der Waals surface area contributed by atoms with Crippen LogP contribution < -0.4 is 4.74 Å². The Kier molecular flexibility index (Phi) is 6.24. The average molecular weight is 372 g/mol. The van der Waals surface area contributed by atoms with E-state index in [-0.39, 0.29) is 36.6 Å². The lowest BCUT2D eigenvalue weighted by Crippen LogP contribution is -2.44. The SMILES string of the molecule is CC(=O)c1ccc(OCc2cc(C(=O)N3CCCC[C@@H]3CCO)no2)cc1. The molecule has 1 fully saturated rings. The highest BCUT2D eigenvalue weighted by molar-refractivity contribution is 5.94. The number of aliphatic hydroxyl groups excluding tert-OH is 1. The van der Waals surface area contributed by atoms with Crippen LogP contribution in [0.3, 0.4) is 0 Å². The lowest BCUT2D eigenvalue weighted by Gasteiger charge is -2.34. The number of amides is 1. The number of aromatic nitrogens is 1. The standard InChI is InChI=1S/C20H24N2O5/c1-14(24)15-5-7-17(8-6-15)26-13-18-12-19(21-27-18)20(25)22-10-3-2-4-16(22)9-11-23/h5-8,12,16,23H,2-4,9-11,13H2,1H3/t16-/m1/s1. The van der Waals surface area contributed by atoms with Crippen molar-refractivity contribution >= 4 is 11.7 Å². The van der Waals surface area contributed by atoms with E-state index in [1.807, 2.05) is 0 Å². The molecule has 0 aliphatic carbocycles. The minimum absolute atomic E-state index is 0.00264. The van der Waals surface area contributed by atoms with Crippen molar-refractivity contribution < 1.29 is 24.0 Å². The minimum Gasteiger partial charge on any atom is -0.486 e. The van der Waals surface area contributed by atoms with Crippen LogP contribution in [0, 0.1) is 0 Å². The molecule has 1 aliphatic heterocycles. The third-order valence-corrected chi connectivity index (χ3v) is 4.77. The third-order valence-electron chi connectivity index (χ3n) is 4.77. The van der Waals surface area contributed by atoms with Crippen LogP contribution in [0.15, 0.2) is 34.9 Å². The molecule has 1 aromatic heterocycles. The van der Waals surface area contributed by atoms with Crippen LogP contribution in [-0.2, 0) is 6.61 Å². The van der Waals surface area contributed by atoms with Gasteiger partial charge in [-0.2, -0.15) is 0 Å². The molecule has 1 saturated heterocycles. The molecule has 1 aromatic carbocycles. The number of aliphatic hydroxyl groups is 1. The average Bonchev–Trinajstić information content (AvgIpc) is 3.16. The highest BCUT2D eigenvalue weighted by atomic mass is 16.5. The summed E-state index contributed by atoms with van der Waals surface area (Å²) in [6.45, 7) is 2.38. The molecular weight excluding hydrogens is 348 g/mol. The molecule has 0 bridgehead atoms. The van der Waals surface area contributed by atoms with Crippen molar-refractivity contribution in [1.82, 2.24) is 10.1 Å². The molecular formula is C20H24N2O5. The van der Waals surface area contributed by atoms with Gasteiger partial charge in [-0.25, -0.2) is 0 Å². The molecule has 7 heteroatoms. The van der Waals surface area contributed by atoms with E-state index in [4.69, 9.17) is 9.26 Å². The Morgan fingerprint density at radius 3 is 2.78 bits per heavy atom. The first-order valence-corrected chi connectivity index (χ1v) is 9.19. The smallest absolute Gasteiger partial charge is 0.276 e. The molecule has 0 spiro atoms. The quantitative estimate of drug-likeness (QED) is 0.751. The number of ether oxygens (including phenoxy) is 1.